The summed E-state index contributed by atoms with van der Waals surface area (Å²) in [7, 11) is 1.67. The van der Waals surface area contributed by atoms with E-state index in [0.29, 0.717) is 12.2 Å². The van der Waals surface area contributed by atoms with Crippen LogP contribution in [0.5, 0.6) is 11.5 Å². The summed E-state index contributed by atoms with van der Waals surface area (Å²) < 4.78 is 11.6. The van der Waals surface area contributed by atoms with E-state index in [2.05, 4.69) is 13.0 Å². The number of carbonyl (C=O) groups excluding carboxylic acids is 1. The normalized spacial score (nSPS) is 23.7. The predicted octanol–water partition coefficient (Wildman–Crippen LogP) is 3.93. The van der Waals surface area contributed by atoms with Crippen molar-refractivity contribution in [3.05, 3.63) is 23.8 Å². The number of benzene rings is 1. The van der Waals surface area contributed by atoms with Gasteiger partial charge in [0.2, 0.25) is 0 Å². The van der Waals surface area contributed by atoms with Gasteiger partial charge in [-0.1, -0.05) is 32.3 Å². The maximum Gasteiger partial charge on any atom is 0.161 e. The number of ether oxygens (including phenoxy) is 2. The third-order valence-electron chi connectivity index (χ3n) is 5.19. The molecular formula is C18H24O3. The molecule has 0 aliphatic heterocycles. The van der Waals surface area contributed by atoms with Crippen LogP contribution in [0.25, 0.3) is 0 Å². The number of aryl methyl sites for hydroxylation is 1. The van der Waals surface area contributed by atoms with Gasteiger partial charge in [-0.3, -0.25) is 4.79 Å². The Morgan fingerprint density at radius 1 is 1.19 bits per heavy atom. The number of ketones is 1. The average Bonchev–Trinajstić information content (AvgIpc) is 2.55. The maximum absolute atomic E-state index is 12.2. The van der Waals surface area contributed by atoms with E-state index >= 15 is 0 Å². The molecule has 1 spiro atoms. The van der Waals surface area contributed by atoms with Crippen molar-refractivity contribution >= 4 is 5.78 Å². The van der Waals surface area contributed by atoms with Gasteiger partial charge in [0.1, 0.15) is 11.9 Å². The smallest absolute Gasteiger partial charge is 0.161 e. The topological polar surface area (TPSA) is 35.5 Å². The van der Waals surface area contributed by atoms with Gasteiger partial charge < -0.3 is 9.47 Å². The van der Waals surface area contributed by atoms with Crippen LogP contribution in [-0.4, -0.2) is 19.0 Å². The first-order valence-electron chi connectivity index (χ1n) is 8.06. The van der Waals surface area contributed by atoms with Crippen molar-refractivity contribution in [2.45, 2.75) is 58.0 Å². The summed E-state index contributed by atoms with van der Waals surface area (Å²) in [5, 5.41) is 0. The molecule has 0 aromatic heterocycles. The average molecular weight is 288 g/mol. The van der Waals surface area contributed by atoms with Gasteiger partial charge in [0.05, 0.1) is 12.5 Å². The van der Waals surface area contributed by atoms with Crippen molar-refractivity contribution in [3.8, 4) is 11.5 Å². The fourth-order valence-electron chi connectivity index (χ4n) is 3.74. The molecule has 2 aliphatic rings. The van der Waals surface area contributed by atoms with Gasteiger partial charge in [-0.15, -0.1) is 0 Å². The summed E-state index contributed by atoms with van der Waals surface area (Å²) in [6, 6.07) is 6.09. The van der Waals surface area contributed by atoms with Gasteiger partial charge in [-0.25, -0.2) is 0 Å². The molecule has 3 nitrogen and oxygen atoms in total. The first-order chi connectivity index (χ1) is 10.2. The van der Waals surface area contributed by atoms with Crippen molar-refractivity contribution in [2.75, 3.05) is 7.11 Å². The van der Waals surface area contributed by atoms with Crippen molar-refractivity contribution in [1.29, 1.82) is 0 Å². The van der Waals surface area contributed by atoms with E-state index in [1.165, 1.54) is 12.0 Å². The molecule has 0 amide bonds. The second-order valence-electron chi connectivity index (χ2n) is 6.29. The van der Waals surface area contributed by atoms with E-state index in [0.717, 1.165) is 43.6 Å². The Kier molecular flexibility index (Phi) is 3.92. The lowest BCUT2D eigenvalue weighted by atomic mass is 9.57. The van der Waals surface area contributed by atoms with Gasteiger partial charge in [0.15, 0.2) is 11.5 Å². The quantitative estimate of drug-likeness (QED) is 0.842. The molecule has 3 heteroatoms. The predicted molar refractivity (Wildman–Crippen MR) is 81.9 cm³/mol. The zero-order valence-corrected chi connectivity index (χ0v) is 13.0. The van der Waals surface area contributed by atoms with Gasteiger partial charge in [-0.2, -0.15) is 0 Å². The molecule has 2 saturated carbocycles. The summed E-state index contributed by atoms with van der Waals surface area (Å²) in [5.74, 6) is 1.95. The second kappa shape index (κ2) is 5.70. The summed E-state index contributed by atoms with van der Waals surface area (Å²) in [6.07, 6.45) is 7.09. The fourth-order valence-corrected chi connectivity index (χ4v) is 3.74. The Hall–Kier alpha value is -1.51. The molecule has 3 rings (SSSR count). The molecule has 0 saturated heterocycles. The zero-order valence-electron chi connectivity index (χ0n) is 13.0. The molecule has 2 aliphatic carbocycles. The summed E-state index contributed by atoms with van der Waals surface area (Å²) in [6.45, 7) is 2.12. The van der Waals surface area contributed by atoms with Crippen molar-refractivity contribution in [3.63, 3.8) is 0 Å². The van der Waals surface area contributed by atoms with E-state index in [-0.39, 0.29) is 11.5 Å². The Balaban J connectivity index is 1.79. The molecule has 114 valence electrons. The van der Waals surface area contributed by atoms with Crippen LogP contribution in [0.15, 0.2) is 18.2 Å². The highest BCUT2D eigenvalue weighted by Gasteiger charge is 2.56. The maximum atomic E-state index is 12.2. The minimum Gasteiger partial charge on any atom is -0.493 e. The van der Waals surface area contributed by atoms with Crippen LogP contribution in [0.2, 0.25) is 0 Å². The van der Waals surface area contributed by atoms with Crippen LogP contribution >= 0.6 is 0 Å². The highest BCUT2D eigenvalue weighted by atomic mass is 16.5. The number of carbonyl (C=O) groups is 1. The van der Waals surface area contributed by atoms with E-state index < -0.39 is 0 Å². The number of Topliss-reactive ketones (excluding diaryl/α,β-unsaturated/α-hetero) is 1. The number of methoxy groups -OCH3 is 1. The van der Waals surface area contributed by atoms with Gasteiger partial charge in [-0.05, 0) is 37.0 Å². The lowest BCUT2D eigenvalue weighted by molar-refractivity contribution is -0.156. The lowest BCUT2D eigenvalue weighted by Crippen LogP contribution is -2.57. The van der Waals surface area contributed by atoms with Crippen molar-refractivity contribution in [2.24, 2.45) is 5.41 Å². The second-order valence-corrected chi connectivity index (χ2v) is 6.29. The Morgan fingerprint density at radius 3 is 2.57 bits per heavy atom. The summed E-state index contributed by atoms with van der Waals surface area (Å²) >= 11 is 0. The highest BCUT2D eigenvalue weighted by molar-refractivity contribution is 5.92. The van der Waals surface area contributed by atoms with Crippen molar-refractivity contribution in [1.82, 2.24) is 0 Å². The van der Waals surface area contributed by atoms with E-state index in [9.17, 15) is 4.79 Å². The molecule has 21 heavy (non-hydrogen) atoms. The van der Waals surface area contributed by atoms with Crippen LogP contribution in [0, 0.1) is 5.41 Å². The van der Waals surface area contributed by atoms with Crippen LogP contribution < -0.4 is 9.47 Å². The van der Waals surface area contributed by atoms with Crippen LogP contribution in [0.1, 0.15) is 51.0 Å². The lowest BCUT2D eigenvalue weighted by Gasteiger charge is -2.49. The van der Waals surface area contributed by atoms with Crippen LogP contribution in [0.3, 0.4) is 0 Å². The monoisotopic (exact) mass is 288 g/mol. The molecule has 2 fully saturated rings. The zero-order chi connectivity index (χ0) is 14.9. The number of hydrogen-bond acceptors (Lipinski definition) is 3. The third-order valence-corrected chi connectivity index (χ3v) is 5.19. The first-order valence-corrected chi connectivity index (χ1v) is 8.06. The minimum absolute atomic E-state index is 0.0340. The highest BCUT2D eigenvalue weighted by Crippen LogP contribution is 2.51. The SMILES string of the molecule is CCc1ccc(OC2CC(=O)C23CCCCC3)c(OC)c1. The minimum atomic E-state index is -0.202. The molecule has 0 heterocycles. The van der Waals surface area contributed by atoms with E-state index in [1.54, 1.807) is 7.11 Å². The van der Waals surface area contributed by atoms with Crippen LogP contribution in [-0.2, 0) is 11.2 Å². The Morgan fingerprint density at radius 2 is 1.95 bits per heavy atom. The van der Waals surface area contributed by atoms with E-state index in [4.69, 9.17) is 9.47 Å². The van der Waals surface area contributed by atoms with Gasteiger partial charge in [0, 0.05) is 6.42 Å². The third kappa shape index (κ3) is 2.43. The first kappa shape index (κ1) is 14.4. The molecule has 0 bridgehead atoms. The fraction of sp³-hybridized carbons (Fsp3) is 0.611. The summed E-state index contributed by atoms with van der Waals surface area (Å²) in [4.78, 5) is 12.2. The van der Waals surface area contributed by atoms with Gasteiger partial charge in [0.25, 0.3) is 0 Å². The Labute approximate surface area is 126 Å². The van der Waals surface area contributed by atoms with E-state index in [1.807, 2.05) is 12.1 Å². The molecule has 0 N–H and O–H groups in total. The summed E-state index contributed by atoms with van der Waals surface area (Å²) in [5.41, 5.74) is 1.03. The molecule has 1 atom stereocenters. The molecule has 1 unspecified atom stereocenters. The van der Waals surface area contributed by atoms with Crippen LogP contribution in [0.4, 0.5) is 0 Å². The number of rotatable bonds is 4. The van der Waals surface area contributed by atoms with Gasteiger partial charge >= 0.3 is 0 Å². The molecule has 1 aromatic carbocycles. The van der Waals surface area contributed by atoms with Crippen molar-refractivity contribution < 1.29 is 14.3 Å². The number of hydrogen-bond donors (Lipinski definition) is 0. The molecular weight excluding hydrogens is 264 g/mol. The largest absolute Gasteiger partial charge is 0.493 e. The molecule has 0 radical (unpaired) electrons. The Bertz CT molecular complexity index is 529. The molecule has 1 aromatic rings. The standard InChI is InChI=1S/C18H24O3/c1-3-13-7-8-14(15(11-13)20-2)21-17-12-16(19)18(17)9-5-4-6-10-18/h7-8,11,17H,3-6,9-10,12H2,1-2H3.